The van der Waals surface area contributed by atoms with Gasteiger partial charge in [0.15, 0.2) is 0 Å². The van der Waals surface area contributed by atoms with Gasteiger partial charge in [0.1, 0.15) is 5.01 Å². The second kappa shape index (κ2) is 7.64. The van der Waals surface area contributed by atoms with Gasteiger partial charge in [0.25, 0.3) is 0 Å². The van der Waals surface area contributed by atoms with Crippen LogP contribution in [0.1, 0.15) is 21.0 Å². The topological polar surface area (TPSA) is 50.2 Å². The molecular formula is C20H16ClNO2S. The summed E-state index contributed by atoms with van der Waals surface area (Å²) in [5, 5.41) is 10.6. The minimum absolute atomic E-state index is 0.0321. The van der Waals surface area contributed by atoms with E-state index in [1.807, 2.05) is 67.6 Å². The van der Waals surface area contributed by atoms with Crippen molar-refractivity contribution in [2.75, 3.05) is 0 Å². The number of nitrogens with zero attached hydrogens (tertiary/aromatic N) is 1. The summed E-state index contributed by atoms with van der Waals surface area (Å²) in [6, 6.07) is 15.5. The molecule has 0 amide bonds. The van der Waals surface area contributed by atoms with E-state index < -0.39 is 5.97 Å². The van der Waals surface area contributed by atoms with Crippen LogP contribution >= 0.6 is 22.9 Å². The van der Waals surface area contributed by atoms with E-state index in [0.29, 0.717) is 5.02 Å². The van der Waals surface area contributed by atoms with Gasteiger partial charge in [-0.15, -0.1) is 11.3 Å². The fraction of sp³-hybridized carbons (Fsp3) is 0.100. The third-order valence-electron chi connectivity index (χ3n) is 3.64. The molecule has 0 bridgehead atoms. The standard InChI is InChI=1S/C20H16ClNO2S/c1-13-2-7-15(8-3-13)20-17(12-19(23)24)25-18(22-20)11-6-14-4-9-16(21)10-5-14/h2-11H,12H2,1H3,(H,23,24)/b11-6+. The van der Waals surface area contributed by atoms with E-state index in [4.69, 9.17) is 11.6 Å². The predicted octanol–water partition coefficient (Wildman–Crippen LogP) is 5.57. The Hall–Kier alpha value is -2.43. The van der Waals surface area contributed by atoms with Crippen molar-refractivity contribution in [3.05, 3.63) is 74.6 Å². The Morgan fingerprint density at radius 1 is 1.12 bits per heavy atom. The smallest absolute Gasteiger partial charge is 0.308 e. The maximum atomic E-state index is 11.2. The number of thiazole rings is 1. The number of aryl methyl sites for hydroxylation is 1. The normalized spacial score (nSPS) is 11.1. The molecule has 0 saturated heterocycles. The van der Waals surface area contributed by atoms with Gasteiger partial charge in [-0.2, -0.15) is 0 Å². The highest BCUT2D eigenvalue weighted by Gasteiger charge is 2.14. The van der Waals surface area contributed by atoms with E-state index in [-0.39, 0.29) is 6.42 Å². The maximum Gasteiger partial charge on any atom is 0.308 e. The van der Waals surface area contributed by atoms with Crippen LogP contribution in [-0.4, -0.2) is 16.1 Å². The number of benzene rings is 2. The van der Waals surface area contributed by atoms with E-state index in [0.717, 1.165) is 32.3 Å². The van der Waals surface area contributed by atoms with Gasteiger partial charge in [-0.05, 0) is 30.7 Å². The van der Waals surface area contributed by atoms with Crippen LogP contribution in [0.5, 0.6) is 0 Å². The van der Waals surface area contributed by atoms with E-state index in [2.05, 4.69) is 4.98 Å². The molecule has 0 aliphatic heterocycles. The maximum absolute atomic E-state index is 11.2. The number of aromatic nitrogens is 1. The highest BCUT2D eigenvalue weighted by atomic mass is 35.5. The van der Waals surface area contributed by atoms with Crippen LogP contribution in [0.3, 0.4) is 0 Å². The molecule has 25 heavy (non-hydrogen) atoms. The summed E-state index contributed by atoms with van der Waals surface area (Å²) in [7, 11) is 0. The zero-order valence-corrected chi connectivity index (χ0v) is 15.1. The lowest BCUT2D eigenvalue weighted by Crippen LogP contribution is -1.99. The number of halogens is 1. The molecule has 0 fully saturated rings. The van der Waals surface area contributed by atoms with E-state index in [9.17, 15) is 9.90 Å². The van der Waals surface area contributed by atoms with Gasteiger partial charge in [-0.25, -0.2) is 4.98 Å². The summed E-state index contributed by atoms with van der Waals surface area (Å²) >= 11 is 7.29. The Labute approximate surface area is 155 Å². The molecule has 0 unspecified atom stereocenters. The van der Waals surface area contributed by atoms with Crippen molar-refractivity contribution in [1.82, 2.24) is 4.98 Å². The van der Waals surface area contributed by atoms with Crippen LogP contribution in [0, 0.1) is 6.92 Å². The Kier molecular flexibility index (Phi) is 5.31. The van der Waals surface area contributed by atoms with Gasteiger partial charge >= 0.3 is 5.97 Å². The molecule has 126 valence electrons. The first-order chi connectivity index (χ1) is 12.0. The monoisotopic (exact) mass is 369 g/mol. The molecule has 2 aromatic carbocycles. The number of hydrogen-bond acceptors (Lipinski definition) is 3. The van der Waals surface area contributed by atoms with Crippen molar-refractivity contribution in [1.29, 1.82) is 0 Å². The summed E-state index contributed by atoms with van der Waals surface area (Å²) in [5.41, 5.74) is 3.84. The highest BCUT2D eigenvalue weighted by molar-refractivity contribution is 7.13. The average molecular weight is 370 g/mol. The Bertz CT molecular complexity index is 912. The Balaban J connectivity index is 1.93. The molecule has 5 heteroatoms. The SMILES string of the molecule is Cc1ccc(-c2nc(/C=C/c3ccc(Cl)cc3)sc2CC(=O)O)cc1. The first kappa shape index (κ1) is 17.4. The second-order valence-corrected chi connectivity index (χ2v) is 7.20. The molecule has 3 nitrogen and oxygen atoms in total. The Morgan fingerprint density at radius 2 is 1.80 bits per heavy atom. The zero-order chi connectivity index (χ0) is 17.8. The molecular weight excluding hydrogens is 354 g/mol. The number of carboxylic acids is 1. The quantitative estimate of drug-likeness (QED) is 0.639. The summed E-state index contributed by atoms with van der Waals surface area (Å²) in [4.78, 5) is 16.6. The number of carboxylic acid groups (broad SMARTS) is 1. The van der Waals surface area contributed by atoms with Crippen LogP contribution in [0.2, 0.25) is 5.02 Å². The molecule has 1 heterocycles. The lowest BCUT2D eigenvalue weighted by atomic mass is 10.1. The van der Waals surface area contributed by atoms with Crippen molar-refractivity contribution in [3.8, 4) is 11.3 Å². The molecule has 0 aliphatic carbocycles. The number of aliphatic carboxylic acids is 1. The van der Waals surface area contributed by atoms with Crippen LogP contribution in [0.15, 0.2) is 48.5 Å². The predicted molar refractivity (Wildman–Crippen MR) is 104 cm³/mol. The fourth-order valence-electron chi connectivity index (χ4n) is 2.38. The largest absolute Gasteiger partial charge is 0.481 e. The van der Waals surface area contributed by atoms with Crippen LogP contribution < -0.4 is 0 Å². The summed E-state index contributed by atoms with van der Waals surface area (Å²) in [5.74, 6) is -0.856. The number of hydrogen-bond donors (Lipinski definition) is 1. The van der Waals surface area contributed by atoms with Gasteiger partial charge in [-0.3, -0.25) is 4.79 Å². The van der Waals surface area contributed by atoms with Crippen molar-refractivity contribution in [2.24, 2.45) is 0 Å². The molecule has 0 aliphatic rings. The number of carbonyl (C=O) groups is 1. The van der Waals surface area contributed by atoms with Crippen molar-refractivity contribution in [3.63, 3.8) is 0 Å². The van der Waals surface area contributed by atoms with Gasteiger partial charge in [0, 0.05) is 15.5 Å². The van der Waals surface area contributed by atoms with Crippen LogP contribution in [-0.2, 0) is 11.2 Å². The Morgan fingerprint density at radius 3 is 2.44 bits per heavy atom. The minimum Gasteiger partial charge on any atom is -0.481 e. The minimum atomic E-state index is -0.856. The first-order valence-electron chi connectivity index (χ1n) is 7.73. The van der Waals surface area contributed by atoms with Crippen molar-refractivity contribution in [2.45, 2.75) is 13.3 Å². The summed E-state index contributed by atoms with van der Waals surface area (Å²) in [6.45, 7) is 2.02. The van der Waals surface area contributed by atoms with Gasteiger partial charge in [-0.1, -0.05) is 59.6 Å². The molecule has 0 saturated carbocycles. The van der Waals surface area contributed by atoms with Gasteiger partial charge in [0.05, 0.1) is 12.1 Å². The molecule has 3 aromatic rings. The number of rotatable bonds is 5. The zero-order valence-electron chi connectivity index (χ0n) is 13.6. The van der Waals surface area contributed by atoms with Crippen molar-refractivity contribution >= 4 is 41.1 Å². The molecule has 1 aromatic heterocycles. The third kappa shape index (κ3) is 4.56. The average Bonchev–Trinajstić information content (AvgIpc) is 2.97. The van der Waals surface area contributed by atoms with E-state index in [1.54, 1.807) is 0 Å². The third-order valence-corrected chi connectivity index (χ3v) is 4.91. The molecule has 0 spiro atoms. The summed E-state index contributed by atoms with van der Waals surface area (Å²) in [6.07, 6.45) is 3.81. The van der Waals surface area contributed by atoms with E-state index in [1.165, 1.54) is 11.3 Å². The molecule has 3 rings (SSSR count). The first-order valence-corrected chi connectivity index (χ1v) is 8.93. The molecule has 1 N–H and O–H groups in total. The van der Waals surface area contributed by atoms with Crippen LogP contribution in [0.25, 0.3) is 23.4 Å². The fourth-order valence-corrected chi connectivity index (χ4v) is 3.48. The summed E-state index contributed by atoms with van der Waals surface area (Å²) < 4.78 is 0. The van der Waals surface area contributed by atoms with E-state index >= 15 is 0 Å². The lowest BCUT2D eigenvalue weighted by Gasteiger charge is -2.01. The highest BCUT2D eigenvalue weighted by Crippen LogP contribution is 2.30. The molecule has 0 radical (unpaired) electrons. The second-order valence-electron chi connectivity index (χ2n) is 5.65. The van der Waals surface area contributed by atoms with Crippen LogP contribution in [0.4, 0.5) is 0 Å². The lowest BCUT2D eigenvalue weighted by molar-refractivity contribution is -0.136. The molecule has 0 atom stereocenters. The van der Waals surface area contributed by atoms with Gasteiger partial charge in [0.2, 0.25) is 0 Å². The van der Waals surface area contributed by atoms with Gasteiger partial charge < -0.3 is 5.11 Å². The van der Waals surface area contributed by atoms with Crippen molar-refractivity contribution < 1.29 is 9.90 Å².